The first-order chi connectivity index (χ1) is 8.64. The number of aromatic amines is 1. The topological polar surface area (TPSA) is 28.7 Å². The molecular formula is C14H14F2N2. The molecule has 4 heteroatoms. The van der Waals surface area contributed by atoms with E-state index in [1.54, 1.807) is 6.33 Å². The highest BCUT2D eigenvalue weighted by Crippen LogP contribution is 2.41. The molecule has 0 atom stereocenters. The molecule has 0 fully saturated rings. The van der Waals surface area contributed by atoms with E-state index >= 15 is 0 Å². The molecule has 3 rings (SSSR count). The van der Waals surface area contributed by atoms with Crippen LogP contribution in [0.2, 0.25) is 0 Å². The van der Waals surface area contributed by atoms with Crippen molar-refractivity contribution < 1.29 is 8.78 Å². The number of nitrogens with one attached hydrogen (secondary N) is 1. The Labute approximate surface area is 104 Å². The van der Waals surface area contributed by atoms with Crippen molar-refractivity contribution in [2.24, 2.45) is 0 Å². The van der Waals surface area contributed by atoms with Gasteiger partial charge in [-0.1, -0.05) is 6.92 Å². The molecule has 1 aromatic carbocycles. The van der Waals surface area contributed by atoms with Crippen LogP contribution >= 0.6 is 0 Å². The van der Waals surface area contributed by atoms with Gasteiger partial charge in [-0.25, -0.2) is 13.8 Å². The first-order valence-electron chi connectivity index (χ1n) is 6.10. The Morgan fingerprint density at radius 3 is 2.28 bits per heavy atom. The molecule has 1 aliphatic rings. The van der Waals surface area contributed by atoms with Gasteiger partial charge in [0.15, 0.2) is 11.6 Å². The van der Waals surface area contributed by atoms with Crippen LogP contribution in [0.25, 0.3) is 0 Å². The molecule has 1 N–H and O–H groups in total. The number of imidazole rings is 1. The summed E-state index contributed by atoms with van der Waals surface area (Å²) in [4.78, 5) is 7.19. The molecule has 0 aliphatic heterocycles. The van der Waals surface area contributed by atoms with Crippen molar-refractivity contribution in [3.05, 3.63) is 53.1 Å². The summed E-state index contributed by atoms with van der Waals surface area (Å²) in [5.41, 5.74) is 2.76. The van der Waals surface area contributed by atoms with E-state index in [9.17, 15) is 8.78 Å². The third-order valence-corrected chi connectivity index (χ3v) is 4.05. The molecule has 0 unspecified atom stereocenters. The van der Waals surface area contributed by atoms with E-state index < -0.39 is 11.6 Å². The van der Waals surface area contributed by atoms with Crippen molar-refractivity contribution in [1.82, 2.24) is 9.97 Å². The number of fused-ring (bicyclic) bond motifs is 1. The summed E-state index contributed by atoms with van der Waals surface area (Å²) < 4.78 is 26.6. The van der Waals surface area contributed by atoms with Crippen molar-refractivity contribution in [2.75, 3.05) is 0 Å². The fourth-order valence-corrected chi connectivity index (χ4v) is 2.93. The number of halogens is 2. The molecule has 0 spiro atoms. The fourth-order valence-electron chi connectivity index (χ4n) is 2.93. The van der Waals surface area contributed by atoms with Crippen LogP contribution in [0, 0.1) is 11.6 Å². The quantitative estimate of drug-likeness (QED) is 0.869. The molecule has 2 nitrogen and oxygen atoms in total. The van der Waals surface area contributed by atoms with E-state index in [4.69, 9.17) is 0 Å². The van der Waals surface area contributed by atoms with Gasteiger partial charge in [-0.05, 0) is 42.5 Å². The lowest BCUT2D eigenvalue weighted by molar-refractivity contribution is 0.423. The van der Waals surface area contributed by atoms with Crippen LogP contribution in [0.1, 0.15) is 30.2 Å². The Morgan fingerprint density at radius 2 is 1.83 bits per heavy atom. The van der Waals surface area contributed by atoms with Gasteiger partial charge < -0.3 is 4.98 Å². The van der Waals surface area contributed by atoms with Crippen LogP contribution in [0.4, 0.5) is 8.78 Å². The summed E-state index contributed by atoms with van der Waals surface area (Å²) in [6, 6.07) is 2.66. The first-order valence-corrected chi connectivity index (χ1v) is 6.10. The number of aromatic nitrogens is 2. The molecule has 2 aromatic rings. The molecule has 1 aromatic heterocycles. The highest BCUT2D eigenvalue weighted by atomic mass is 19.2. The van der Waals surface area contributed by atoms with Crippen molar-refractivity contribution in [3.8, 4) is 0 Å². The van der Waals surface area contributed by atoms with E-state index in [1.165, 1.54) is 12.1 Å². The third kappa shape index (κ3) is 1.55. The lowest BCUT2D eigenvalue weighted by Crippen LogP contribution is -2.26. The molecule has 0 bridgehead atoms. The molecule has 18 heavy (non-hydrogen) atoms. The first kappa shape index (κ1) is 11.4. The van der Waals surface area contributed by atoms with Crippen molar-refractivity contribution in [3.63, 3.8) is 0 Å². The van der Waals surface area contributed by atoms with Gasteiger partial charge in [0.05, 0.1) is 6.33 Å². The highest BCUT2D eigenvalue weighted by Gasteiger charge is 2.39. The van der Waals surface area contributed by atoms with Gasteiger partial charge in [-0.2, -0.15) is 0 Å². The van der Waals surface area contributed by atoms with Gasteiger partial charge in [0.2, 0.25) is 0 Å². The number of rotatable bonds is 2. The van der Waals surface area contributed by atoms with Crippen molar-refractivity contribution in [2.45, 2.75) is 31.6 Å². The maximum absolute atomic E-state index is 13.3. The molecule has 0 saturated heterocycles. The molecular weight excluding hydrogens is 234 g/mol. The zero-order chi connectivity index (χ0) is 12.8. The second-order valence-corrected chi connectivity index (χ2v) is 4.99. The standard InChI is InChI=1S/C14H14F2N2/c1-2-14(13-7-17-8-18-13)5-9-3-11(15)12(16)4-10(9)6-14/h3-4,7-8H,2,5-6H2,1H3,(H,17,18). The van der Waals surface area contributed by atoms with Crippen molar-refractivity contribution in [1.29, 1.82) is 0 Å². The molecule has 1 heterocycles. The minimum Gasteiger partial charge on any atom is -0.348 e. The second-order valence-electron chi connectivity index (χ2n) is 4.99. The summed E-state index contributed by atoms with van der Waals surface area (Å²) in [5, 5.41) is 0. The number of nitrogens with zero attached hydrogens (tertiary/aromatic N) is 1. The molecule has 1 aliphatic carbocycles. The number of H-pyrrole nitrogens is 1. The summed E-state index contributed by atoms with van der Waals surface area (Å²) in [7, 11) is 0. The molecule has 94 valence electrons. The minimum absolute atomic E-state index is 0.0981. The Kier molecular flexibility index (Phi) is 2.47. The summed E-state index contributed by atoms with van der Waals surface area (Å²) >= 11 is 0. The molecule has 0 radical (unpaired) electrons. The number of benzene rings is 1. The van der Waals surface area contributed by atoms with Crippen LogP contribution in [-0.2, 0) is 18.3 Å². The smallest absolute Gasteiger partial charge is 0.159 e. The Hall–Kier alpha value is -1.71. The monoisotopic (exact) mass is 248 g/mol. The average Bonchev–Trinajstić information content (AvgIpc) is 2.97. The molecule has 0 amide bonds. The van der Waals surface area contributed by atoms with Gasteiger partial charge in [0.25, 0.3) is 0 Å². The minimum atomic E-state index is -0.759. The zero-order valence-corrected chi connectivity index (χ0v) is 10.1. The SMILES string of the molecule is CCC1(c2cnc[nH]2)Cc2cc(F)c(F)cc2C1. The maximum atomic E-state index is 13.3. The van der Waals surface area contributed by atoms with Gasteiger partial charge in [-0.3, -0.25) is 0 Å². The maximum Gasteiger partial charge on any atom is 0.159 e. The predicted molar refractivity (Wildman–Crippen MR) is 64.3 cm³/mol. The van der Waals surface area contributed by atoms with E-state index in [0.717, 1.165) is 36.1 Å². The number of hydrogen-bond acceptors (Lipinski definition) is 1. The lowest BCUT2D eigenvalue weighted by atomic mass is 9.79. The van der Waals surface area contributed by atoms with Crippen LogP contribution in [0.15, 0.2) is 24.7 Å². The largest absolute Gasteiger partial charge is 0.348 e. The van der Waals surface area contributed by atoms with E-state index in [2.05, 4.69) is 16.9 Å². The summed E-state index contributed by atoms with van der Waals surface area (Å²) in [5.74, 6) is -1.52. The van der Waals surface area contributed by atoms with E-state index in [-0.39, 0.29) is 5.41 Å². The van der Waals surface area contributed by atoms with Gasteiger partial charge in [0, 0.05) is 17.3 Å². The van der Waals surface area contributed by atoms with Crippen LogP contribution in [0.3, 0.4) is 0 Å². The van der Waals surface area contributed by atoms with Crippen LogP contribution in [-0.4, -0.2) is 9.97 Å². The zero-order valence-electron chi connectivity index (χ0n) is 10.1. The van der Waals surface area contributed by atoms with Gasteiger partial charge in [-0.15, -0.1) is 0 Å². The highest BCUT2D eigenvalue weighted by molar-refractivity contribution is 5.40. The second kappa shape index (κ2) is 3.90. The Morgan fingerprint density at radius 1 is 1.22 bits per heavy atom. The normalized spacial score (nSPS) is 16.8. The molecule has 0 saturated carbocycles. The summed E-state index contributed by atoms with van der Waals surface area (Å²) in [6.45, 7) is 2.10. The van der Waals surface area contributed by atoms with E-state index in [0.29, 0.717) is 0 Å². The Balaban J connectivity index is 2.05. The fraction of sp³-hybridized carbons (Fsp3) is 0.357. The lowest BCUT2D eigenvalue weighted by Gasteiger charge is -2.25. The van der Waals surface area contributed by atoms with Gasteiger partial charge >= 0.3 is 0 Å². The van der Waals surface area contributed by atoms with E-state index in [1.807, 2.05) is 6.20 Å². The summed E-state index contributed by atoms with van der Waals surface area (Å²) in [6.07, 6.45) is 5.84. The van der Waals surface area contributed by atoms with Crippen LogP contribution in [0.5, 0.6) is 0 Å². The van der Waals surface area contributed by atoms with Gasteiger partial charge in [0.1, 0.15) is 0 Å². The average molecular weight is 248 g/mol. The predicted octanol–water partition coefficient (Wildman–Crippen LogP) is 3.13. The Bertz CT molecular complexity index is 545. The number of hydrogen-bond donors (Lipinski definition) is 1. The third-order valence-electron chi connectivity index (χ3n) is 4.05. The van der Waals surface area contributed by atoms with Crippen molar-refractivity contribution >= 4 is 0 Å². The van der Waals surface area contributed by atoms with Crippen LogP contribution < -0.4 is 0 Å².